The Balaban J connectivity index is 2.30. The molecular weight excluding hydrogens is 368 g/mol. The first-order valence-corrected chi connectivity index (χ1v) is 7.53. The SMILES string of the molecule is COc1ccc(Br)cc1-c1nc(N)c2c(Cl)c(N)ccc2n1. The zero-order valence-electron chi connectivity index (χ0n) is 11.6. The highest BCUT2D eigenvalue weighted by Crippen LogP contribution is 2.35. The van der Waals surface area contributed by atoms with Crippen LogP contribution in [0.1, 0.15) is 0 Å². The average molecular weight is 380 g/mol. The average Bonchev–Trinajstić information content (AvgIpc) is 2.50. The summed E-state index contributed by atoms with van der Waals surface area (Å²) >= 11 is 9.63. The second-order valence-electron chi connectivity index (χ2n) is 4.64. The predicted octanol–water partition coefficient (Wildman–Crippen LogP) is 3.89. The second-order valence-corrected chi connectivity index (χ2v) is 5.93. The minimum absolute atomic E-state index is 0.277. The summed E-state index contributed by atoms with van der Waals surface area (Å²) in [6.45, 7) is 0. The number of fused-ring (bicyclic) bond motifs is 1. The van der Waals surface area contributed by atoms with Gasteiger partial charge in [-0.25, -0.2) is 9.97 Å². The van der Waals surface area contributed by atoms with E-state index in [1.807, 2.05) is 18.2 Å². The molecule has 2 aromatic carbocycles. The van der Waals surface area contributed by atoms with E-state index in [4.69, 9.17) is 27.8 Å². The van der Waals surface area contributed by atoms with Crippen LogP contribution in [0, 0.1) is 0 Å². The van der Waals surface area contributed by atoms with E-state index in [-0.39, 0.29) is 5.82 Å². The molecule has 0 aliphatic heterocycles. The number of anilines is 2. The van der Waals surface area contributed by atoms with Gasteiger partial charge in [-0.3, -0.25) is 0 Å². The summed E-state index contributed by atoms with van der Waals surface area (Å²) < 4.78 is 6.25. The smallest absolute Gasteiger partial charge is 0.165 e. The van der Waals surface area contributed by atoms with Gasteiger partial charge in [0.2, 0.25) is 0 Å². The Hall–Kier alpha value is -2.05. The van der Waals surface area contributed by atoms with Gasteiger partial charge in [0.15, 0.2) is 5.82 Å². The van der Waals surface area contributed by atoms with Crippen molar-refractivity contribution in [1.29, 1.82) is 0 Å². The van der Waals surface area contributed by atoms with E-state index in [1.54, 1.807) is 19.2 Å². The van der Waals surface area contributed by atoms with E-state index in [0.29, 0.717) is 33.2 Å². The third kappa shape index (κ3) is 2.44. The lowest BCUT2D eigenvalue weighted by Crippen LogP contribution is -2.01. The number of nitrogens with zero attached hydrogens (tertiary/aromatic N) is 2. The van der Waals surface area contributed by atoms with Crippen molar-refractivity contribution in [2.45, 2.75) is 0 Å². The van der Waals surface area contributed by atoms with E-state index in [0.717, 1.165) is 10.0 Å². The molecule has 4 N–H and O–H groups in total. The molecule has 0 radical (unpaired) electrons. The number of rotatable bonds is 2. The van der Waals surface area contributed by atoms with Crippen molar-refractivity contribution in [2.75, 3.05) is 18.6 Å². The Bertz CT molecular complexity index is 885. The lowest BCUT2D eigenvalue weighted by Gasteiger charge is -2.11. The van der Waals surface area contributed by atoms with Crippen LogP contribution in [-0.4, -0.2) is 17.1 Å². The third-order valence-electron chi connectivity index (χ3n) is 3.26. The number of halogens is 2. The van der Waals surface area contributed by atoms with E-state index in [2.05, 4.69) is 25.9 Å². The number of methoxy groups -OCH3 is 1. The Labute approximate surface area is 140 Å². The minimum Gasteiger partial charge on any atom is -0.496 e. The molecule has 0 aliphatic carbocycles. The first-order valence-electron chi connectivity index (χ1n) is 6.36. The molecule has 0 atom stereocenters. The predicted molar refractivity (Wildman–Crippen MR) is 93.1 cm³/mol. The van der Waals surface area contributed by atoms with Gasteiger partial charge in [0.05, 0.1) is 34.3 Å². The summed E-state index contributed by atoms with van der Waals surface area (Å²) in [6.07, 6.45) is 0. The Morgan fingerprint density at radius 2 is 1.91 bits per heavy atom. The summed E-state index contributed by atoms with van der Waals surface area (Å²) in [6, 6.07) is 9.04. The van der Waals surface area contributed by atoms with Gasteiger partial charge in [0.25, 0.3) is 0 Å². The summed E-state index contributed by atoms with van der Waals surface area (Å²) in [5.74, 6) is 1.40. The van der Waals surface area contributed by atoms with E-state index in [9.17, 15) is 0 Å². The lowest BCUT2D eigenvalue weighted by molar-refractivity contribution is 0.416. The molecule has 0 saturated carbocycles. The number of hydrogen-bond acceptors (Lipinski definition) is 5. The van der Waals surface area contributed by atoms with Crippen LogP contribution < -0.4 is 16.2 Å². The number of nitrogens with two attached hydrogens (primary N) is 2. The molecule has 0 amide bonds. The fourth-order valence-corrected chi connectivity index (χ4v) is 2.82. The van der Waals surface area contributed by atoms with Crippen LogP contribution in [0.5, 0.6) is 5.75 Å². The first kappa shape index (κ1) is 14.9. The molecule has 22 heavy (non-hydrogen) atoms. The monoisotopic (exact) mass is 378 g/mol. The van der Waals surface area contributed by atoms with Crippen LogP contribution in [0.2, 0.25) is 5.02 Å². The minimum atomic E-state index is 0.277. The largest absolute Gasteiger partial charge is 0.496 e. The normalized spacial score (nSPS) is 10.9. The molecule has 0 spiro atoms. The van der Waals surface area contributed by atoms with Crippen molar-refractivity contribution < 1.29 is 4.74 Å². The molecule has 3 rings (SSSR count). The van der Waals surface area contributed by atoms with Crippen LogP contribution in [0.25, 0.3) is 22.3 Å². The number of benzene rings is 2. The van der Waals surface area contributed by atoms with Crippen molar-refractivity contribution in [2.24, 2.45) is 0 Å². The van der Waals surface area contributed by atoms with E-state index in [1.165, 1.54) is 0 Å². The standard InChI is InChI=1S/C15H12BrClN4O/c1-22-11-5-2-7(16)6-8(11)15-20-10-4-3-9(18)13(17)12(10)14(19)21-15/h2-6H,18H2,1H3,(H2,19,20,21). The topological polar surface area (TPSA) is 87.0 Å². The fourth-order valence-electron chi connectivity index (χ4n) is 2.20. The maximum Gasteiger partial charge on any atom is 0.165 e. The van der Waals surface area contributed by atoms with Crippen molar-refractivity contribution in [3.8, 4) is 17.1 Å². The number of ether oxygens (including phenoxy) is 1. The van der Waals surface area contributed by atoms with Crippen molar-refractivity contribution in [3.63, 3.8) is 0 Å². The van der Waals surface area contributed by atoms with Crippen molar-refractivity contribution >= 4 is 49.9 Å². The van der Waals surface area contributed by atoms with Gasteiger partial charge in [-0.05, 0) is 30.3 Å². The highest BCUT2D eigenvalue weighted by Gasteiger charge is 2.15. The van der Waals surface area contributed by atoms with Crippen molar-refractivity contribution in [3.05, 3.63) is 39.8 Å². The van der Waals surface area contributed by atoms with Gasteiger partial charge < -0.3 is 16.2 Å². The Morgan fingerprint density at radius 3 is 2.64 bits per heavy atom. The number of nitrogen functional groups attached to an aromatic ring is 2. The summed E-state index contributed by atoms with van der Waals surface area (Å²) in [5, 5.41) is 0.919. The molecule has 1 heterocycles. The Morgan fingerprint density at radius 1 is 1.14 bits per heavy atom. The van der Waals surface area contributed by atoms with Gasteiger partial charge >= 0.3 is 0 Å². The first-order chi connectivity index (χ1) is 10.5. The Kier molecular flexibility index (Phi) is 3.80. The molecule has 5 nitrogen and oxygen atoms in total. The highest BCUT2D eigenvalue weighted by molar-refractivity contribution is 9.10. The fraction of sp³-hybridized carbons (Fsp3) is 0.0667. The molecule has 0 aliphatic rings. The quantitative estimate of drug-likeness (QED) is 0.660. The number of hydrogen-bond donors (Lipinski definition) is 2. The third-order valence-corrected chi connectivity index (χ3v) is 4.16. The van der Waals surface area contributed by atoms with Gasteiger partial charge in [-0.15, -0.1) is 0 Å². The van der Waals surface area contributed by atoms with Crippen LogP contribution in [0.15, 0.2) is 34.8 Å². The summed E-state index contributed by atoms with van der Waals surface area (Å²) in [7, 11) is 1.59. The van der Waals surface area contributed by atoms with Gasteiger partial charge in [0.1, 0.15) is 11.6 Å². The van der Waals surface area contributed by atoms with Gasteiger partial charge in [-0.1, -0.05) is 27.5 Å². The van der Waals surface area contributed by atoms with Crippen LogP contribution in [-0.2, 0) is 0 Å². The summed E-state index contributed by atoms with van der Waals surface area (Å²) in [5.41, 5.74) is 13.7. The maximum atomic E-state index is 6.20. The number of aromatic nitrogens is 2. The molecule has 1 aromatic heterocycles. The molecule has 7 heteroatoms. The second kappa shape index (κ2) is 5.62. The zero-order valence-corrected chi connectivity index (χ0v) is 13.9. The maximum absolute atomic E-state index is 6.20. The van der Waals surface area contributed by atoms with Crippen LogP contribution in [0.3, 0.4) is 0 Å². The van der Waals surface area contributed by atoms with Crippen LogP contribution >= 0.6 is 27.5 Å². The molecular formula is C15H12BrClN4O. The van der Waals surface area contributed by atoms with Gasteiger partial charge in [-0.2, -0.15) is 0 Å². The van der Waals surface area contributed by atoms with Crippen LogP contribution in [0.4, 0.5) is 11.5 Å². The van der Waals surface area contributed by atoms with Crippen molar-refractivity contribution in [1.82, 2.24) is 9.97 Å². The summed E-state index contributed by atoms with van der Waals surface area (Å²) in [4.78, 5) is 8.88. The van der Waals surface area contributed by atoms with E-state index < -0.39 is 0 Å². The van der Waals surface area contributed by atoms with E-state index >= 15 is 0 Å². The highest BCUT2D eigenvalue weighted by atomic mass is 79.9. The molecule has 0 bridgehead atoms. The van der Waals surface area contributed by atoms with Gasteiger partial charge in [0, 0.05) is 4.47 Å². The molecule has 3 aromatic rings. The zero-order chi connectivity index (χ0) is 15.9. The molecule has 112 valence electrons. The molecule has 0 fully saturated rings. The molecule has 0 saturated heterocycles. The molecule has 0 unspecified atom stereocenters. The lowest BCUT2D eigenvalue weighted by atomic mass is 10.1.